The zero-order chi connectivity index (χ0) is 18.5. The number of hydrogen-bond acceptors (Lipinski definition) is 6. The van der Waals surface area contributed by atoms with Crippen molar-refractivity contribution in [3.8, 4) is 0 Å². The molecule has 2 aromatic rings. The summed E-state index contributed by atoms with van der Waals surface area (Å²) in [5.74, 6) is 1.55. The molecule has 0 saturated carbocycles. The van der Waals surface area contributed by atoms with Crippen LogP contribution in [-0.2, 0) is 20.1 Å². The highest BCUT2D eigenvalue weighted by Crippen LogP contribution is 2.36. The predicted molar refractivity (Wildman–Crippen MR) is 100 cm³/mol. The molecule has 1 aliphatic rings. The average Bonchev–Trinajstić information content (AvgIpc) is 3.24. The Morgan fingerprint density at radius 1 is 1.31 bits per heavy atom. The fraction of sp³-hybridized carbons (Fsp3) is 0.778. The summed E-state index contributed by atoms with van der Waals surface area (Å²) in [6, 6.07) is 0.441. The molecule has 2 aromatic heterocycles. The summed E-state index contributed by atoms with van der Waals surface area (Å²) in [5, 5.41) is 16.6. The summed E-state index contributed by atoms with van der Waals surface area (Å²) >= 11 is 0. The van der Waals surface area contributed by atoms with Gasteiger partial charge in [0.05, 0.1) is 12.7 Å². The third kappa shape index (κ3) is 4.29. The highest BCUT2D eigenvalue weighted by atomic mass is 15.5. The summed E-state index contributed by atoms with van der Waals surface area (Å²) in [7, 11) is 4.17. The highest BCUT2D eigenvalue weighted by molar-refractivity contribution is 5.13. The van der Waals surface area contributed by atoms with E-state index in [-0.39, 0.29) is 0 Å². The van der Waals surface area contributed by atoms with E-state index in [9.17, 15) is 0 Å². The van der Waals surface area contributed by atoms with Crippen molar-refractivity contribution in [2.45, 2.75) is 52.2 Å². The van der Waals surface area contributed by atoms with E-state index in [1.807, 2.05) is 22.6 Å². The number of tetrazole rings is 1. The number of aryl methyl sites for hydroxylation is 2. The van der Waals surface area contributed by atoms with Gasteiger partial charge in [-0.05, 0) is 55.7 Å². The van der Waals surface area contributed by atoms with E-state index in [0.29, 0.717) is 12.0 Å². The fourth-order valence-electron chi connectivity index (χ4n) is 4.20. The van der Waals surface area contributed by atoms with E-state index < -0.39 is 0 Å². The van der Waals surface area contributed by atoms with Gasteiger partial charge in [0, 0.05) is 37.9 Å². The molecule has 0 amide bonds. The Labute approximate surface area is 156 Å². The van der Waals surface area contributed by atoms with Gasteiger partial charge in [-0.15, -0.1) is 5.10 Å². The number of likely N-dealkylation sites (tertiary alicyclic amines) is 1. The number of hydrogen-bond donors (Lipinski definition) is 0. The molecule has 1 aliphatic heterocycles. The van der Waals surface area contributed by atoms with Crippen molar-refractivity contribution in [3.63, 3.8) is 0 Å². The van der Waals surface area contributed by atoms with Crippen molar-refractivity contribution in [3.05, 3.63) is 23.8 Å². The van der Waals surface area contributed by atoms with Crippen LogP contribution < -0.4 is 0 Å². The lowest BCUT2D eigenvalue weighted by Crippen LogP contribution is -2.42. The maximum absolute atomic E-state index is 4.41. The molecule has 26 heavy (non-hydrogen) atoms. The molecular weight excluding hydrogens is 328 g/mol. The summed E-state index contributed by atoms with van der Waals surface area (Å²) in [6.45, 7) is 9.36. The minimum absolute atomic E-state index is 0.441. The molecule has 0 aliphatic carbocycles. The number of rotatable bonds is 8. The SMILES string of the molecule is CCCn1nnnc1CN(C)C[C@@H]1CCCN(CC)[C@H]1c1cnn(C)c1. The quantitative estimate of drug-likeness (QED) is 0.714. The van der Waals surface area contributed by atoms with Crippen LogP contribution in [0.3, 0.4) is 0 Å². The van der Waals surface area contributed by atoms with Gasteiger partial charge in [0.15, 0.2) is 5.82 Å². The maximum atomic E-state index is 4.41. The first-order valence-corrected chi connectivity index (χ1v) is 9.78. The topological polar surface area (TPSA) is 67.9 Å². The van der Waals surface area contributed by atoms with Crippen molar-refractivity contribution >= 4 is 0 Å². The molecule has 144 valence electrons. The van der Waals surface area contributed by atoms with Crippen LogP contribution in [0.15, 0.2) is 12.4 Å². The van der Waals surface area contributed by atoms with E-state index in [1.165, 1.54) is 24.9 Å². The zero-order valence-corrected chi connectivity index (χ0v) is 16.5. The first kappa shape index (κ1) is 19.0. The summed E-state index contributed by atoms with van der Waals surface area (Å²) in [6.07, 6.45) is 7.76. The minimum atomic E-state index is 0.441. The lowest BCUT2D eigenvalue weighted by Gasteiger charge is -2.42. The highest BCUT2D eigenvalue weighted by Gasteiger charge is 2.33. The van der Waals surface area contributed by atoms with Crippen LogP contribution in [-0.4, -0.2) is 66.5 Å². The Kier molecular flexibility index (Phi) is 6.37. The Balaban J connectivity index is 1.70. The first-order valence-electron chi connectivity index (χ1n) is 9.78. The minimum Gasteiger partial charge on any atom is -0.299 e. The van der Waals surface area contributed by atoms with Gasteiger partial charge in [0.25, 0.3) is 0 Å². The normalized spacial score (nSPS) is 21.6. The molecule has 0 radical (unpaired) electrons. The van der Waals surface area contributed by atoms with Crippen molar-refractivity contribution in [2.24, 2.45) is 13.0 Å². The molecule has 3 rings (SSSR count). The Morgan fingerprint density at radius 2 is 2.15 bits per heavy atom. The van der Waals surface area contributed by atoms with Gasteiger partial charge >= 0.3 is 0 Å². The van der Waals surface area contributed by atoms with Crippen LogP contribution in [0.2, 0.25) is 0 Å². The predicted octanol–water partition coefficient (Wildman–Crippen LogP) is 1.72. The fourth-order valence-corrected chi connectivity index (χ4v) is 4.20. The van der Waals surface area contributed by atoms with Gasteiger partial charge in [-0.1, -0.05) is 13.8 Å². The summed E-state index contributed by atoms with van der Waals surface area (Å²) in [5.41, 5.74) is 1.34. The molecule has 0 unspecified atom stereocenters. The van der Waals surface area contributed by atoms with Crippen LogP contribution >= 0.6 is 0 Å². The van der Waals surface area contributed by atoms with Crippen LogP contribution in [0.5, 0.6) is 0 Å². The van der Waals surface area contributed by atoms with Crippen LogP contribution in [0.1, 0.15) is 50.5 Å². The lowest BCUT2D eigenvalue weighted by molar-refractivity contribution is 0.0740. The van der Waals surface area contributed by atoms with Crippen LogP contribution in [0.25, 0.3) is 0 Å². The van der Waals surface area contributed by atoms with E-state index in [0.717, 1.165) is 38.4 Å². The van der Waals surface area contributed by atoms with Gasteiger partial charge in [-0.3, -0.25) is 14.5 Å². The second kappa shape index (κ2) is 8.73. The largest absolute Gasteiger partial charge is 0.299 e. The molecular formula is C18H32N8. The van der Waals surface area contributed by atoms with Crippen molar-refractivity contribution in [2.75, 3.05) is 26.7 Å². The van der Waals surface area contributed by atoms with Gasteiger partial charge in [-0.25, -0.2) is 4.68 Å². The summed E-state index contributed by atoms with van der Waals surface area (Å²) < 4.78 is 3.84. The molecule has 3 heterocycles. The Morgan fingerprint density at radius 3 is 2.85 bits per heavy atom. The van der Waals surface area contributed by atoms with Crippen LogP contribution in [0, 0.1) is 5.92 Å². The van der Waals surface area contributed by atoms with E-state index >= 15 is 0 Å². The zero-order valence-electron chi connectivity index (χ0n) is 16.5. The monoisotopic (exact) mass is 360 g/mol. The average molecular weight is 361 g/mol. The van der Waals surface area contributed by atoms with Crippen molar-refractivity contribution in [1.29, 1.82) is 0 Å². The summed E-state index contributed by atoms with van der Waals surface area (Å²) in [4.78, 5) is 4.96. The van der Waals surface area contributed by atoms with E-state index in [4.69, 9.17) is 0 Å². The third-order valence-corrected chi connectivity index (χ3v) is 5.33. The number of nitrogens with zero attached hydrogens (tertiary/aromatic N) is 8. The molecule has 0 aromatic carbocycles. The third-order valence-electron chi connectivity index (χ3n) is 5.33. The van der Waals surface area contributed by atoms with Crippen LogP contribution in [0.4, 0.5) is 0 Å². The molecule has 0 bridgehead atoms. The smallest absolute Gasteiger partial charge is 0.165 e. The molecule has 0 N–H and O–H groups in total. The Bertz CT molecular complexity index is 678. The molecule has 1 saturated heterocycles. The molecule has 2 atom stereocenters. The number of aromatic nitrogens is 6. The standard InChI is InChI=1S/C18H32N8/c1-5-9-26-17(20-21-22-26)14-23(3)12-15-8-7-10-25(6-2)18(15)16-11-19-24(4)13-16/h11,13,15,18H,5-10,12,14H2,1-4H3/t15-,18+/m0/s1. The second-order valence-corrected chi connectivity index (χ2v) is 7.44. The molecule has 8 heteroatoms. The van der Waals surface area contributed by atoms with Crippen molar-refractivity contribution < 1.29 is 0 Å². The Hall–Kier alpha value is -1.80. The molecule has 1 fully saturated rings. The molecule has 0 spiro atoms. The van der Waals surface area contributed by atoms with E-state index in [2.05, 4.69) is 57.5 Å². The maximum Gasteiger partial charge on any atom is 0.165 e. The van der Waals surface area contributed by atoms with Gasteiger partial charge in [-0.2, -0.15) is 5.10 Å². The van der Waals surface area contributed by atoms with Gasteiger partial charge in [0.1, 0.15) is 0 Å². The first-order chi connectivity index (χ1) is 12.6. The van der Waals surface area contributed by atoms with E-state index in [1.54, 1.807) is 0 Å². The van der Waals surface area contributed by atoms with Crippen molar-refractivity contribution in [1.82, 2.24) is 39.8 Å². The van der Waals surface area contributed by atoms with Gasteiger partial charge in [0.2, 0.25) is 0 Å². The molecule has 8 nitrogen and oxygen atoms in total. The van der Waals surface area contributed by atoms with Gasteiger partial charge < -0.3 is 0 Å². The second-order valence-electron chi connectivity index (χ2n) is 7.44. The lowest BCUT2D eigenvalue weighted by atomic mass is 9.85. The number of piperidine rings is 1.